The Labute approximate surface area is 116 Å². The van der Waals surface area contributed by atoms with Crippen molar-refractivity contribution in [1.82, 2.24) is 0 Å². The lowest BCUT2D eigenvalue weighted by molar-refractivity contribution is 0.298. The second-order valence-electron chi connectivity index (χ2n) is 5.82. The molecule has 0 spiro atoms. The van der Waals surface area contributed by atoms with Crippen molar-refractivity contribution in [1.29, 1.82) is 0 Å². The lowest BCUT2D eigenvalue weighted by atomic mass is 9.69. The second kappa shape index (κ2) is 6.25. The van der Waals surface area contributed by atoms with Gasteiger partial charge in [-0.25, -0.2) is 0 Å². The third-order valence-electron chi connectivity index (χ3n) is 4.13. The van der Waals surface area contributed by atoms with E-state index in [4.69, 9.17) is 10.5 Å². The minimum absolute atomic E-state index is 0.168. The van der Waals surface area contributed by atoms with Gasteiger partial charge < -0.3 is 10.5 Å². The summed E-state index contributed by atoms with van der Waals surface area (Å²) < 4.78 is 5.75. The number of benzene rings is 1. The molecule has 1 aliphatic carbocycles. The number of hydrogen-bond donors (Lipinski definition) is 1. The molecule has 0 atom stereocenters. The van der Waals surface area contributed by atoms with Gasteiger partial charge in [-0.1, -0.05) is 38.0 Å². The lowest BCUT2D eigenvalue weighted by Gasteiger charge is -2.37. The molecule has 2 heteroatoms. The van der Waals surface area contributed by atoms with Crippen LogP contribution in [0.1, 0.15) is 44.6 Å². The molecular formula is C17H25NO. The highest BCUT2D eigenvalue weighted by molar-refractivity contribution is 5.35. The van der Waals surface area contributed by atoms with E-state index in [9.17, 15) is 0 Å². The van der Waals surface area contributed by atoms with Crippen LogP contribution in [0.15, 0.2) is 36.4 Å². The zero-order chi connectivity index (χ0) is 13.7. The van der Waals surface area contributed by atoms with E-state index in [2.05, 4.69) is 24.8 Å². The van der Waals surface area contributed by atoms with Gasteiger partial charge in [-0.3, -0.25) is 0 Å². The molecule has 1 aromatic rings. The van der Waals surface area contributed by atoms with Crippen molar-refractivity contribution in [2.45, 2.75) is 44.4 Å². The monoisotopic (exact) mass is 259 g/mol. The molecule has 1 saturated carbocycles. The van der Waals surface area contributed by atoms with E-state index in [-0.39, 0.29) is 5.41 Å². The van der Waals surface area contributed by atoms with Gasteiger partial charge in [0, 0.05) is 12.0 Å². The minimum atomic E-state index is 0.168. The molecule has 0 saturated heterocycles. The Kier molecular flexibility index (Phi) is 4.65. The van der Waals surface area contributed by atoms with Crippen LogP contribution < -0.4 is 10.5 Å². The Morgan fingerprint density at radius 3 is 2.68 bits per heavy atom. The van der Waals surface area contributed by atoms with Crippen LogP contribution in [-0.2, 0) is 5.41 Å². The molecule has 1 aromatic carbocycles. The molecule has 0 heterocycles. The summed E-state index contributed by atoms with van der Waals surface area (Å²) in [6, 6.07) is 8.46. The third kappa shape index (κ3) is 3.38. The van der Waals surface area contributed by atoms with Crippen LogP contribution in [0.25, 0.3) is 0 Å². The zero-order valence-corrected chi connectivity index (χ0v) is 12.0. The molecule has 2 N–H and O–H groups in total. The Bertz CT molecular complexity index is 433. The van der Waals surface area contributed by atoms with Gasteiger partial charge in [-0.15, -0.1) is 0 Å². The van der Waals surface area contributed by atoms with Crippen molar-refractivity contribution in [2.75, 3.05) is 13.2 Å². The van der Waals surface area contributed by atoms with Gasteiger partial charge in [0.2, 0.25) is 0 Å². The van der Waals surface area contributed by atoms with Crippen LogP contribution in [0.3, 0.4) is 0 Å². The quantitative estimate of drug-likeness (QED) is 0.816. The fraction of sp³-hybridized carbons (Fsp3) is 0.529. The standard InChI is InChI=1S/C17H25NO/c1-14(2)12-19-16-8-6-7-15(11-16)17(13-18)9-4-3-5-10-17/h6-8,11H,1,3-5,9-10,12-13,18H2,2H3. The van der Waals surface area contributed by atoms with Crippen LogP contribution in [0.2, 0.25) is 0 Å². The Balaban J connectivity index is 2.18. The molecule has 19 heavy (non-hydrogen) atoms. The van der Waals surface area contributed by atoms with Crippen LogP contribution in [0.5, 0.6) is 5.75 Å². The van der Waals surface area contributed by atoms with Crippen molar-refractivity contribution >= 4 is 0 Å². The van der Waals surface area contributed by atoms with E-state index in [0.717, 1.165) is 17.9 Å². The average molecular weight is 259 g/mol. The van der Waals surface area contributed by atoms with Gasteiger partial charge in [0.1, 0.15) is 12.4 Å². The summed E-state index contributed by atoms with van der Waals surface area (Å²) in [5.41, 5.74) is 8.64. The smallest absolute Gasteiger partial charge is 0.120 e. The summed E-state index contributed by atoms with van der Waals surface area (Å²) in [6.07, 6.45) is 6.32. The largest absolute Gasteiger partial charge is 0.489 e. The van der Waals surface area contributed by atoms with Gasteiger partial charge in [-0.2, -0.15) is 0 Å². The van der Waals surface area contributed by atoms with Gasteiger partial charge in [0.05, 0.1) is 0 Å². The predicted octanol–water partition coefficient (Wildman–Crippen LogP) is 3.80. The molecule has 104 valence electrons. The summed E-state index contributed by atoms with van der Waals surface area (Å²) in [5, 5.41) is 0. The SMILES string of the molecule is C=C(C)COc1cccc(C2(CN)CCCCC2)c1. The van der Waals surface area contributed by atoms with E-state index < -0.39 is 0 Å². The van der Waals surface area contributed by atoms with Crippen molar-refractivity contribution in [3.8, 4) is 5.75 Å². The maximum atomic E-state index is 6.09. The first kappa shape index (κ1) is 14.1. The van der Waals surface area contributed by atoms with Crippen molar-refractivity contribution < 1.29 is 4.74 Å². The molecule has 2 rings (SSSR count). The number of rotatable bonds is 5. The summed E-state index contributed by atoms with van der Waals surface area (Å²) in [5.74, 6) is 0.930. The average Bonchev–Trinajstić information content (AvgIpc) is 2.46. The highest BCUT2D eigenvalue weighted by atomic mass is 16.5. The van der Waals surface area contributed by atoms with Crippen LogP contribution >= 0.6 is 0 Å². The van der Waals surface area contributed by atoms with E-state index in [0.29, 0.717) is 6.61 Å². The van der Waals surface area contributed by atoms with Crippen LogP contribution in [0.4, 0.5) is 0 Å². The first-order chi connectivity index (χ1) is 9.16. The molecule has 1 fully saturated rings. The lowest BCUT2D eigenvalue weighted by Crippen LogP contribution is -2.37. The molecular weight excluding hydrogens is 234 g/mol. The molecule has 0 amide bonds. The van der Waals surface area contributed by atoms with Crippen molar-refractivity contribution in [3.05, 3.63) is 42.0 Å². The summed E-state index contributed by atoms with van der Waals surface area (Å²) in [7, 11) is 0. The molecule has 1 aliphatic rings. The highest BCUT2D eigenvalue weighted by Crippen LogP contribution is 2.39. The first-order valence-electron chi connectivity index (χ1n) is 7.24. The fourth-order valence-electron chi connectivity index (χ4n) is 2.96. The van der Waals surface area contributed by atoms with E-state index in [1.807, 2.05) is 13.0 Å². The van der Waals surface area contributed by atoms with E-state index in [1.54, 1.807) is 0 Å². The molecule has 0 aliphatic heterocycles. The summed E-state index contributed by atoms with van der Waals surface area (Å²) >= 11 is 0. The van der Waals surface area contributed by atoms with Crippen molar-refractivity contribution in [3.63, 3.8) is 0 Å². The molecule has 0 radical (unpaired) electrons. The Morgan fingerprint density at radius 1 is 1.32 bits per heavy atom. The Hall–Kier alpha value is -1.28. The normalized spacial score (nSPS) is 18.0. The van der Waals surface area contributed by atoms with Gasteiger partial charge in [0.25, 0.3) is 0 Å². The molecule has 0 unspecified atom stereocenters. The maximum Gasteiger partial charge on any atom is 0.120 e. The highest BCUT2D eigenvalue weighted by Gasteiger charge is 2.32. The zero-order valence-electron chi connectivity index (χ0n) is 12.0. The number of hydrogen-bond acceptors (Lipinski definition) is 2. The van der Waals surface area contributed by atoms with Crippen LogP contribution in [0, 0.1) is 0 Å². The maximum absolute atomic E-state index is 6.09. The topological polar surface area (TPSA) is 35.2 Å². The second-order valence-corrected chi connectivity index (χ2v) is 5.82. The van der Waals surface area contributed by atoms with Crippen molar-refractivity contribution in [2.24, 2.45) is 5.73 Å². The van der Waals surface area contributed by atoms with Gasteiger partial charge in [-0.05, 0) is 43.0 Å². The van der Waals surface area contributed by atoms with Gasteiger partial charge in [0.15, 0.2) is 0 Å². The first-order valence-corrected chi connectivity index (χ1v) is 7.24. The van der Waals surface area contributed by atoms with E-state index in [1.165, 1.54) is 37.7 Å². The number of ether oxygens (including phenoxy) is 1. The Morgan fingerprint density at radius 2 is 2.05 bits per heavy atom. The van der Waals surface area contributed by atoms with Crippen LogP contribution in [-0.4, -0.2) is 13.2 Å². The molecule has 2 nitrogen and oxygen atoms in total. The minimum Gasteiger partial charge on any atom is -0.489 e. The molecule has 0 aromatic heterocycles. The summed E-state index contributed by atoms with van der Waals surface area (Å²) in [4.78, 5) is 0. The third-order valence-corrected chi connectivity index (χ3v) is 4.13. The van der Waals surface area contributed by atoms with Gasteiger partial charge >= 0.3 is 0 Å². The summed E-state index contributed by atoms with van der Waals surface area (Å²) in [6.45, 7) is 7.16. The molecule has 0 bridgehead atoms. The number of nitrogens with two attached hydrogens (primary N) is 1. The predicted molar refractivity (Wildman–Crippen MR) is 80.6 cm³/mol. The fourth-order valence-corrected chi connectivity index (χ4v) is 2.96. The van der Waals surface area contributed by atoms with E-state index >= 15 is 0 Å².